The van der Waals surface area contributed by atoms with Crippen molar-refractivity contribution in [2.45, 2.75) is 13.8 Å². The Balaban J connectivity index is 2.41. The SMILES string of the molecule is CCOC(=O)c1sc2c(c1NC(C)=O)c(=O)[nH]c1ccccc12. The Morgan fingerprint density at radius 3 is 2.74 bits per heavy atom. The van der Waals surface area contributed by atoms with E-state index in [1.165, 1.54) is 6.92 Å². The summed E-state index contributed by atoms with van der Waals surface area (Å²) < 4.78 is 5.69. The number of hydrogen-bond acceptors (Lipinski definition) is 5. The van der Waals surface area contributed by atoms with Crippen molar-refractivity contribution in [1.29, 1.82) is 0 Å². The summed E-state index contributed by atoms with van der Waals surface area (Å²) in [6.07, 6.45) is 0. The monoisotopic (exact) mass is 330 g/mol. The first kappa shape index (κ1) is 15.2. The fourth-order valence-electron chi connectivity index (χ4n) is 2.45. The van der Waals surface area contributed by atoms with Gasteiger partial charge in [0.1, 0.15) is 4.88 Å². The quantitative estimate of drug-likeness (QED) is 0.723. The minimum absolute atomic E-state index is 0.211. The molecule has 3 rings (SSSR count). The predicted molar refractivity (Wildman–Crippen MR) is 90.2 cm³/mol. The highest BCUT2D eigenvalue weighted by Gasteiger charge is 2.23. The van der Waals surface area contributed by atoms with Crippen molar-refractivity contribution in [3.8, 4) is 0 Å². The van der Waals surface area contributed by atoms with Crippen molar-refractivity contribution in [3.05, 3.63) is 39.5 Å². The van der Waals surface area contributed by atoms with Crippen LogP contribution in [0, 0.1) is 0 Å². The second-order valence-corrected chi connectivity index (χ2v) is 5.93. The number of hydrogen-bond donors (Lipinski definition) is 2. The predicted octanol–water partition coefficient (Wildman–Crippen LogP) is 2.88. The fourth-order valence-corrected chi connectivity index (χ4v) is 3.63. The highest BCUT2D eigenvalue weighted by Crippen LogP contribution is 2.37. The van der Waals surface area contributed by atoms with E-state index in [4.69, 9.17) is 4.74 Å². The molecule has 0 aliphatic rings. The lowest BCUT2D eigenvalue weighted by Gasteiger charge is -2.04. The average molecular weight is 330 g/mol. The topological polar surface area (TPSA) is 88.3 Å². The van der Waals surface area contributed by atoms with E-state index in [1.54, 1.807) is 13.0 Å². The number of aromatic amines is 1. The van der Waals surface area contributed by atoms with E-state index in [0.717, 1.165) is 16.7 Å². The van der Waals surface area contributed by atoms with Crippen LogP contribution < -0.4 is 10.9 Å². The number of ether oxygens (including phenoxy) is 1. The molecule has 0 aliphatic carbocycles. The van der Waals surface area contributed by atoms with Crippen LogP contribution in [0.4, 0.5) is 5.69 Å². The van der Waals surface area contributed by atoms with Crippen LogP contribution in [0.3, 0.4) is 0 Å². The zero-order chi connectivity index (χ0) is 16.6. The van der Waals surface area contributed by atoms with Crippen LogP contribution in [0.2, 0.25) is 0 Å². The molecule has 0 aliphatic heterocycles. The van der Waals surface area contributed by atoms with Gasteiger partial charge in [-0.1, -0.05) is 18.2 Å². The number of carbonyl (C=O) groups excluding carboxylic acids is 2. The van der Waals surface area contributed by atoms with Gasteiger partial charge in [0.05, 0.1) is 22.4 Å². The van der Waals surface area contributed by atoms with Crippen molar-refractivity contribution in [2.24, 2.45) is 0 Å². The minimum Gasteiger partial charge on any atom is -0.462 e. The van der Waals surface area contributed by atoms with Gasteiger partial charge in [0.2, 0.25) is 5.91 Å². The van der Waals surface area contributed by atoms with E-state index in [9.17, 15) is 14.4 Å². The van der Waals surface area contributed by atoms with Gasteiger partial charge in [-0.3, -0.25) is 9.59 Å². The lowest BCUT2D eigenvalue weighted by atomic mass is 10.1. The third kappa shape index (κ3) is 2.59. The number of amides is 1. The Bertz CT molecular complexity index is 987. The number of fused-ring (bicyclic) bond motifs is 3. The smallest absolute Gasteiger partial charge is 0.350 e. The number of aromatic nitrogens is 1. The standard InChI is InChI=1S/C16H14N2O4S/c1-3-22-16(21)14-12(17-8(2)19)11-13(23-14)9-6-4-5-7-10(9)18-15(11)20/h4-7H,3H2,1-2H3,(H,17,19)(H,18,20). The van der Waals surface area contributed by atoms with Gasteiger partial charge in [0.15, 0.2) is 0 Å². The summed E-state index contributed by atoms with van der Waals surface area (Å²) >= 11 is 1.15. The maximum absolute atomic E-state index is 12.4. The number of carbonyl (C=O) groups is 2. The Labute approximate surface area is 135 Å². The van der Waals surface area contributed by atoms with E-state index >= 15 is 0 Å². The second-order valence-electron chi connectivity index (χ2n) is 4.91. The maximum Gasteiger partial charge on any atom is 0.350 e. The van der Waals surface area contributed by atoms with Crippen LogP contribution in [0.5, 0.6) is 0 Å². The summed E-state index contributed by atoms with van der Waals surface area (Å²) in [5.74, 6) is -0.913. The molecule has 2 heterocycles. The fraction of sp³-hybridized carbons (Fsp3) is 0.188. The van der Waals surface area contributed by atoms with E-state index in [1.807, 2.05) is 18.2 Å². The lowest BCUT2D eigenvalue weighted by molar-refractivity contribution is -0.114. The molecule has 0 saturated carbocycles. The number of para-hydroxylation sites is 1. The van der Waals surface area contributed by atoms with Crippen LogP contribution >= 0.6 is 11.3 Å². The minimum atomic E-state index is -0.555. The van der Waals surface area contributed by atoms with Gasteiger partial charge in [0, 0.05) is 17.8 Å². The molecule has 23 heavy (non-hydrogen) atoms. The van der Waals surface area contributed by atoms with Crippen LogP contribution in [-0.4, -0.2) is 23.5 Å². The number of nitrogens with one attached hydrogen (secondary N) is 2. The summed E-state index contributed by atoms with van der Waals surface area (Å²) in [6.45, 7) is 3.24. The average Bonchev–Trinajstić information content (AvgIpc) is 2.87. The Morgan fingerprint density at radius 1 is 1.30 bits per heavy atom. The van der Waals surface area contributed by atoms with E-state index in [2.05, 4.69) is 10.3 Å². The van der Waals surface area contributed by atoms with E-state index in [0.29, 0.717) is 15.6 Å². The van der Waals surface area contributed by atoms with Crippen molar-refractivity contribution in [1.82, 2.24) is 4.98 Å². The highest BCUT2D eigenvalue weighted by atomic mass is 32.1. The van der Waals surface area contributed by atoms with E-state index < -0.39 is 5.97 Å². The van der Waals surface area contributed by atoms with Crippen LogP contribution in [-0.2, 0) is 9.53 Å². The van der Waals surface area contributed by atoms with Crippen LogP contribution in [0.25, 0.3) is 21.0 Å². The van der Waals surface area contributed by atoms with Gasteiger partial charge in [-0.15, -0.1) is 11.3 Å². The summed E-state index contributed by atoms with van der Waals surface area (Å²) in [4.78, 5) is 39.1. The van der Waals surface area contributed by atoms with Crippen molar-refractivity contribution < 1.29 is 14.3 Å². The number of rotatable bonds is 3. The zero-order valence-electron chi connectivity index (χ0n) is 12.6. The van der Waals surface area contributed by atoms with Gasteiger partial charge in [-0.2, -0.15) is 0 Å². The summed E-state index contributed by atoms with van der Waals surface area (Å²) in [5.41, 5.74) is 0.535. The van der Waals surface area contributed by atoms with Gasteiger partial charge < -0.3 is 15.0 Å². The molecular formula is C16H14N2O4S. The van der Waals surface area contributed by atoms with Gasteiger partial charge in [-0.05, 0) is 13.0 Å². The lowest BCUT2D eigenvalue weighted by Crippen LogP contribution is -2.14. The summed E-state index contributed by atoms with van der Waals surface area (Å²) in [7, 11) is 0. The van der Waals surface area contributed by atoms with Crippen LogP contribution in [0.1, 0.15) is 23.5 Å². The molecule has 0 spiro atoms. The molecule has 7 heteroatoms. The molecule has 0 radical (unpaired) electrons. The molecule has 0 atom stereocenters. The Kier molecular flexibility index (Phi) is 3.87. The molecule has 0 fully saturated rings. The van der Waals surface area contributed by atoms with Gasteiger partial charge >= 0.3 is 5.97 Å². The van der Waals surface area contributed by atoms with Crippen molar-refractivity contribution >= 4 is 49.9 Å². The molecule has 0 bridgehead atoms. The van der Waals surface area contributed by atoms with Crippen molar-refractivity contribution in [2.75, 3.05) is 11.9 Å². The molecule has 6 nitrogen and oxygen atoms in total. The van der Waals surface area contributed by atoms with Crippen LogP contribution in [0.15, 0.2) is 29.1 Å². The first-order chi connectivity index (χ1) is 11.0. The Hall–Kier alpha value is -2.67. The molecule has 2 N–H and O–H groups in total. The van der Waals surface area contributed by atoms with Gasteiger partial charge in [0.25, 0.3) is 5.56 Å². The molecule has 0 unspecified atom stereocenters. The summed E-state index contributed by atoms with van der Waals surface area (Å²) in [6, 6.07) is 7.31. The largest absolute Gasteiger partial charge is 0.462 e. The molecule has 0 saturated heterocycles. The normalized spacial score (nSPS) is 10.9. The highest BCUT2D eigenvalue weighted by molar-refractivity contribution is 7.22. The number of H-pyrrole nitrogens is 1. The number of pyridine rings is 1. The number of esters is 1. The third-order valence-electron chi connectivity index (χ3n) is 3.32. The first-order valence-corrected chi connectivity index (χ1v) is 7.86. The molecule has 1 amide bonds. The summed E-state index contributed by atoms with van der Waals surface area (Å²) in [5, 5.41) is 3.70. The third-order valence-corrected chi connectivity index (χ3v) is 4.52. The maximum atomic E-state index is 12.4. The van der Waals surface area contributed by atoms with Crippen molar-refractivity contribution in [3.63, 3.8) is 0 Å². The zero-order valence-corrected chi connectivity index (χ0v) is 13.4. The number of benzene rings is 1. The molecule has 1 aromatic carbocycles. The number of thiophene rings is 1. The second kappa shape index (κ2) is 5.85. The first-order valence-electron chi connectivity index (χ1n) is 7.05. The molecule has 2 aromatic heterocycles. The molecule has 118 valence electrons. The molecule has 3 aromatic rings. The number of anilines is 1. The molecular weight excluding hydrogens is 316 g/mol. The Morgan fingerprint density at radius 2 is 2.04 bits per heavy atom. The van der Waals surface area contributed by atoms with Gasteiger partial charge in [-0.25, -0.2) is 4.79 Å². The van der Waals surface area contributed by atoms with E-state index in [-0.39, 0.29) is 28.6 Å².